The number of nitrogens with one attached hydrogen (secondary N) is 1. The molecular formula is C42H84N2O4. The number of cyclic esters (lactones) is 1. The minimum absolute atomic E-state index is 0.0226. The molecule has 0 aromatic heterocycles. The minimum atomic E-state index is -0.339. The van der Waals surface area contributed by atoms with Gasteiger partial charge in [0.1, 0.15) is 12.1 Å². The summed E-state index contributed by atoms with van der Waals surface area (Å²) in [6.45, 7) is 9.68. The Labute approximate surface area is 299 Å². The van der Waals surface area contributed by atoms with Crippen LogP contribution in [-0.2, 0) is 9.53 Å². The summed E-state index contributed by atoms with van der Waals surface area (Å²) in [5.41, 5.74) is 0. The van der Waals surface area contributed by atoms with Crippen LogP contribution in [0.3, 0.4) is 0 Å². The van der Waals surface area contributed by atoms with Gasteiger partial charge in [0.25, 0.3) is 0 Å². The molecule has 6 heteroatoms. The summed E-state index contributed by atoms with van der Waals surface area (Å²) < 4.78 is 5.82. The Morgan fingerprint density at radius 1 is 0.583 bits per heavy atom. The number of esters is 1. The first-order chi connectivity index (χ1) is 23.5. The highest BCUT2D eigenvalue weighted by molar-refractivity contribution is 5.76. The molecule has 0 radical (unpaired) electrons. The third-order valence-corrected chi connectivity index (χ3v) is 10.5. The van der Waals surface area contributed by atoms with Crippen LogP contribution in [0.4, 0.5) is 0 Å². The Balaban J connectivity index is 2.35. The molecule has 0 aliphatic carbocycles. The number of carbonyl (C=O) groups excluding carboxylic acids is 1. The van der Waals surface area contributed by atoms with E-state index >= 15 is 0 Å². The van der Waals surface area contributed by atoms with E-state index in [1.165, 1.54) is 135 Å². The van der Waals surface area contributed by atoms with E-state index in [2.05, 4.69) is 31.0 Å². The summed E-state index contributed by atoms with van der Waals surface area (Å²) in [5.74, 6) is -0.0794. The van der Waals surface area contributed by atoms with Gasteiger partial charge in [0.15, 0.2) is 0 Å². The second-order valence-electron chi connectivity index (χ2n) is 15.4. The molecule has 0 aromatic rings. The molecule has 0 bridgehead atoms. The summed E-state index contributed by atoms with van der Waals surface area (Å²) >= 11 is 0. The highest BCUT2D eigenvalue weighted by Gasteiger charge is 2.28. The van der Waals surface area contributed by atoms with E-state index in [1.54, 1.807) is 0 Å². The second-order valence-corrected chi connectivity index (χ2v) is 15.4. The lowest BCUT2D eigenvalue weighted by Crippen LogP contribution is -2.49. The van der Waals surface area contributed by atoms with Gasteiger partial charge in [0.2, 0.25) is 0 Å². The molecule has 3 N–H and O–H groups in total. The smallest absolute Gasteiger partial charge is 0.323 e. The molecule has 0 saturated carbocycles. The maximum atomic E-state index is 12.7. The van der Waals surface area contributed by atoms with Crippen LogP contribution in [0.5, 0.6) is 0 Å². The standard InChI is InChI=1S/C42H84N2O4/c1-4-7-10-13-16-19-22-25-30-38(45)36-44(37-39(46)31-26-23-20-17-14-11-8-5-2)34-29-28-33-41-42(47)48-40(35-43-41)32-27-24-21-18-15-12-9-6-3/h38-41,43,45-46H,4-37H2,1-3H3. The van der Waals surface area contributed by atoms with Gasteiger partial charge >= 0.3 is 5.97 Å². The monoisotopic (exact) mass is 681 g/mol. The number of aliphatic hydroxyl groups is 2. The van der Waals surface area contributed by atoms with Crippen molar-refractivity contribution in [1.82, 2.24) is 10.2 Å². The van der Waals surface area contributed by atoms with Crippen molar-refractivity contribution in [2.24, 2.45) is 0 Å². The highest BCUT2D eigenvalue weighted by Crippen LogP contribution is 2.18. The van der Waals surface area contributed by atoms with Crippen LogP contribution in [0.2, 0.25) is 0 Å². The number of hydrogen-bond donors (Lipinski definition) is 3. The number of rotatable bonds is 36. The highest BCUT2D eigenvalue weighted by atomic mass is 16.5. The van der Waals surface area contributed by atoms with Gasteiger partial charge in [-0.15, -0.1) is 0 Å². The fraction of sp³-hybridized carbons (Fsp3) is 0.976. The molecule has 48 heavy (non-hydrogen) atoms. The van der Waals surface area contributed by atoms with Crippen LogP contribution in [0.25, 0.3) is 0 Å². The zero-order valence-electron chi connectivity index (χ0n) is 32.5. The maximum Gasteiger partial charge on any atom is 0.323 e. The molecule has 1 aliphatic heterocycles. The Kier molecular flexibility index (Phi) is 31.6. The topological polar surface area (TPSA) is 82.0 Å². The molecule has 0 spiro atoms. The van der Waals surface area contributed by atoms with E-state index in [-0.39, 0.29) is 30.3 Å². The molecule has 1 rings (SSSR count). The summed E-state index contributed by atoms with van der Waals surface area (Å²) in [7, 11) is 0. The second kappa shape index (κ2) is 33.5. The first kappa shape index (κ1) is 45.3. The number of ether oxygens (including phenoxy) is 1. The normalized spacial score (nSPS) is 18.0. The predicted molar refractivity (Wildman–Crippen MR) is 206 cm³/mol. The number of nitrogens with zero attached hydrogens (tertiary/aromatic N) is 1. The van der Waals surface area contributed by atoms with Gasteiger partial charge in [-0.1, -0.05) is 175 Å². The fourth-order valence-corrected chi connectivity index (χ4v) is 7.28. The lowest BCUT2D eigenvalue weighted by atomic mass is 10.0. The van der Waals surface area contributed by atoms with Crippen LogP contribution >= 0.6 is 0 Å². The van der Waals surface area contributed by atoms with Crippen LogP contribution < -0.4 is 5.32 Å². The van der Waals surface area contributed by atoms with E-state index in [0.717, 1.165) is 70.9 Å². The first-order valence-electron chi connectivity index (χ1n) is 21.5. The Morgan fingerprint density at radius 3 is 1.42 bits per heavy atom. The fourth-order valence-electron chi connectivity index (χ4n) is 7.28. The Hall–Kier alpha value is -0.690. The zero-order valence-corrected chi connectivity index (χ0v) is 32.5. The van der Waals surface area contributed by atoms with Crippen molar-refractivity contribution in [3.63, 3.8) is 0 Å². The third kappa shape index (κ3) is 27.1. The van der Waals surface area contributed by atoms with Gasteiger partial charge < -0.3 is 20.3 Å². The van der Waals surface area contributed by atoms with E-state index in [9.17, 15) is 15.0 Å². The quantitative estimate of drug-likeness (QED) is 0.0451. The number of morpholine rings is 1. The van der Waals surface area contributed by atoms with Crippen molar-refractivity contribution < 1.29 is 19.7 Å². The summed E-state index contributed by atoms with van der Waals surface area (Å²) in [6, 6.07) is -0.201. The lowest BCUT2D eigenvalue weighted by molar-refractivity contribution is -0.157. The van der Waals surface area contributed by atoms with Gasteiger partial charge in [-0.3, -0.25) is 9.69 Å². The van der Waals surface area contributed by atoms with Crippen molar-refractivity contribution >= 4 is 5.97 Å². The van der Waals surface area contributed by atoms with Crippen LogP contribution in [0, 0.1) is 0 Å². The molecule has 0 amide bonds. The van der Waals surface area contributed by atoms with E-state index in [0.29, 0.717) is 13.1 Å². The molecule has 1 aliphatic rings. The molecule has 0 aromatic carbocycles. The van der Waals surface area contributed by atoms with Gasteiger partial charge in [-0.2, -0.15) is 0 Å². The Bertz CT molecular complexity index is 665. The molecule has 1 fully saturated rings. The summed E-state index contributed by atoms with van der Waals surface area (Å²) in [5, 5.41) is 25.3. The number of unbranched alkanes of at least 4 members (excludes halogenated alkanes) is 22. The summed E-state index contributed by atoms with van der Waals surface area (Å²) in [6.07, 6.45) is 35.5. The van der Waals surface area contributed by atoms with Gasteiger partial charge in [-0.25, -0.2) is 0 Å². The van der Waals surface area contributed by atoms with E-state index < -0.39 is 0 Å². The minimum Gasteiger partial charge on any atom is -0.460 e. The van der Waals surface area contributed by atoms with Crippen molar-refractivity contribution in [2.75, 3.05) is 26.2 Å². The molecule has 6 nitrogen and oxygen atoms in total. The van der Waals surface area contributed by atoms with Crippen molar-refractivity contribution in [1.29, 1.82) is 0 Å². The zero-order chi connectivity index (χ0) is 34.9. The van der Waals surface area contributed by atoms with Crippen molar-refractivity contribution in [3.8, 4) is 0 Å². The molecule has 4 unspecified atom stereocenters. The summed E-state index contributed by atoms with van der Waals surface area (Å²) in [4.78, 5) is 15.0. The van der Waals surface area contributed by atoms with Gasteiger partial charge in [0.05, 0.1) is 12.2 Å². The third-order valence-electron chi connectivity index (χ3n) is 10.5. The van der Waals surface area contributed by atoms with Gasteiger partial charge in [-0.05, 0) is 45.1 Å². The average Bonchev–Trinajstić information content (AvgIpc) is 3.07. The van der Waals surface area contributed by atoms with Crippen LogP contribution in [0.1, 0.15) is 213 Å². The van der Waals surface area contributed by atoms with E-state index in [4.69, 9.17) is 4.74 Å². The van der Waals surface area contributed by atoms with Crippen molar-refractivity contribution in [2.45, 2.75) is 238 Å². The number of aliphatic hydroxyl groups excluding tert-OH is 2. The molecule has 286 valence electrons. The lowest BCUT2D eigenvalue weighted by Gasteiger charge is -2.30. The SMILES string of the molecule is CCCCCCCCCCC(O)CN(CCCCC1NCC(CCCCCCCCCC)OC1=O)CC(O)CCCCCCCCCC. The average molecular weight is 681 g/mol. The van der Waals surface area contributed by atoms with Crippen molar-refractivity contribution in [3.05, 3.63) is 0 Å². The number of carbonyl (C=O) groups is 1. The molecule has 1 heterocycles. The van der Waals surface area contributed by atoms with Crippen LogP contribution in [0.15, 0.2) is 0 Å². The Morgan fingerprint density at radius 2 is 0.979 bits per heavy atom. The predicted octanol–water partition coefficient (Wildman–Crippen LogP) is 10.7. The first-order valence-corrected chi connectivity index (χ1v) is 21.5. The molecule has 4 atom stereocenters. The molecular weight excluding hydrogens is 596 g/mol. The maximum absolute atomic E-state index is 12.7. The largest absolute Gasteiger partial charge is 0.460 e. The van der Waals surface area contributed by atoms with Gasteiger partial charge in [0, 0.05) is 19.6 Å². The number of hydrogen-bond acceptors (Lipinski definition) is 6. The van der Waals surface area contributed by atoms with Crippen LogP contribution in [-0.4, -0.2) is 71.6 Å². The van der Waals surface area contributed by atoms with E-state index in [1.807, 2.05) is 0 Å². The molecule has 1 saturated heterocycles.